The lowest BCUT2D eigenvalue weighted by Gasteiger charge is -2.18. The van der Waals surface area contributed by atoms with Gasteiger partial charge in [-0.3, -0.25) is 4.79 Å². The van der Waals surface area contributed by atoms with Gasteiger partial charge in [-0.2, -0.15) is 0 Å². The number of likely N-dealkylation sites (N-methyl/N-ethyl adjacent to an activating group) is 1. The summed E-state index contributed by atoms with van der Waals surface area (Å²) in [4.78, 5) is 14.2. The number of anilines is 1. The van der Waals surface area contributed by atoms with Gasteiger partial charge in [0.25, 0.3) is 0 Å². The van der Waals surface area contributed by atoms with Crippen LogP contribution in [0.5, 0.6) is 0 Å². The standard InChI is InChI=1S/C16H16INO/c1-12-4-3-5-15(10-12)18(2)11-16(19)13-6-8-14(17)9-7-13/h3-10H,11H2,1-2H3. The summed E-state index contributed by atoms with van der Waals surface area (Å²) in [6.07, 6.45) is 0. The van der Waals surface area contributed by atoms with E-state index in [9.17, 15) is 4.79 Å². The Morgan fingerprint density at radius 3 is 2.47 bits per heavy atom. The van der Waals surface area contributed by atoms with E-state index in [0.717, 1.165) is 14.8 Å². The summed E-state index contributed by atoms with van der Waals surface area (Å²) in [5.41, 5.74) is 3.03. The molecule has 2 aromatic rings. The molecule has 98 valence electrons. The maximum atomic E-state index is 12.2. The third kappa shape index (κ3) is 3.80. The average molecular weight is 365 g/mol. The van der Waals surface area contributed by atoms with Crippen molar-refractivity contribution in [2.75, 3.05) is 18.5 Å². The van der Waals surface area contributed by atoms with Crippen LogP contribution in [0.1, 0.15) is 15.9 Å². The van der Waals surface area contributed by atoms with Gasteiger partial charge in [-0.1, -0.05) is 24.3 Å². The first-order valence-electron chi connectivity index (χ1n) is 6.13. The van der Waals surface area contributed by atoms with Gasteiger partial charge >= 0.3 is 0 Å². The number of benzene rings is 2. The molecule has 19 heavy (non-hydrogen) atoms. The minimum Gasteiger partial charge on any atom is -0.367 e. The van der Waals surface area contributed by atoms with Crippen LogP contribution in [-0.4, -0.2) is 19.4 Å². The maximum Gasteiger partial charge on any atom is 0.182 e. The highest BCUT2D eigenvalue weighted by molar-refractivity contribution is 14.1. The van der Waals surface area contributed by atoms with E-state index in [2.05, 4.69) is 41.6 Å². The molecule has 0 saturated carbocycles. The monoisotopic (exact) mass is 365 g/mol. The molecule has 0 bridgehead atoms. The van der Waals surface area contributed by atoms with Crippen molar-refractivity contribution in [3.05, 3.63) is 63.2 Å². The molecule has 0 aliphatic heterocycles. The van der Waals surface area contributed by atoms with Crippen molar-refractivity contribution in [3.8, 4) is 0 Å². The second kappa shape index (κ2) is 6.19. The predicted octanol–water partition coefficient (Wildman–Crippen LogP) is 3.92. The quantitative estimate of drug-likeness (QED) is 0.605. The second-order valence-electron chi connectivity index (χ2n) is 4.63. The molecule has 0 saturated heterocycles. The van der Waals surface area contributed by atoms with Crippen molar-refractivity contribution >= 4 is 34.1 Å². The summed E-state index contributed by atoms with van der Waals surface area (Å²) in [5.74, 6) is 0.139. The Morgan fingerprint density at radius 2 is 1.84 bits per heavy atom. The van der Waals surface area contributed by atoms with E-state index in [-0.39, 0.29) is 5.78 Å². The highest BCUT2D eigenvalue weighted by atomic mass is 127. The van der Waals surface area contributed by atoms with Crippen molar-refractivity contribution < 1.29 is 4.79 Å². The lowest BCUT2D eigenvalue weighted by Crippen LogP contribution is -2.25. The Labute approximate surface area is 127 Å². The van der Waals surface area contributed by atoms with E-state index < -0.39 is 0 Å². The number of hydrogen-bond donors (Lipinski definition) is 0. The number of carbonyl (C=O) groups excluding carboxylic acids is 1. The fraction of sp³-hybridized carbons (Fsp3) is 0.188. The molecule has 0 spiro atoms. The van der Waals surface area contributed by atoms with Crippen molar-refractivity contribution in [1.29, 1.82) is 0 Å². The molecular weight excluding hydrogens is 349 g/mol. The predicted molar refractivity (Wildman–Crippen MR) is 87.9 cm³/mol. The van der Waals surface area contributed by atoms with Crippen LogP contribution >= 0.6 is 22.6 Å². The zero-order valence-electron chi connectivity index (χ0n) is 11.1. The van der Waals surface area contributed by atoms with Gasteiger partial charge in [-0.15, -0.1) is 0 Å². The van der Waals surface area contributed by atoms with E-state index >= 15 is 0 Å². The molecule has 0 atom stereocenters. The molecule has 0 heterocycles. The van der Waals surface area contributed by atoms with Gasteiger partial charge in [-0.25, -0.2) is 0 Å². The molecule has 0 radical (unpaired) electrons. The molecule has 0 aliphatic carbocycles. The van der Waals surface area contributed by atoms with Gasteiger partial charge in [-0.05, 0) is 59.3 Å². The fourth-order valence-corrected chi connectivity index (χ4v) is 2.26. The Balaban J connectivity index is 2.08. The van der Waals surface area contributed by atoms with Gasteiger partial charge in [0.15, 0.2) is 5.78 Å². The van der Waals surface area contributed by atoms with Crippen molar-refractivity contribution in [2.24, 2.45) is 0 Å². The molecule has 0 fully saturated rings. The van der Waals surface area contributed by atoms with Crippen LogP contribution < -0.4 is 4.90 Å². The number of nitrogens with zero attached hydrogens (tertiary/aromatic N) is 1. The van der Waals surface area contributed by atoms with Gasteiger partial charge in [0, 0.05) is 21.9 Å². The number of aryl methyl sites for hydroxylation is 1. The van der Waals surface area contributed by atoms with Crippen LogP contribution in [0.4, 0.5) is 5.69 Å². The van der Waals surface area contributed by atoms with E-state index in [1.54, 1.807) is 0 Å². The summed E-state index contributed by atoms with van der Waals surface area (Å²) in [5, 5.41) is 0. The minimum absolute atomic E-state index is 0.139. The molecule has 2 nitrogen and oxygen atoms in total. The smallest absolute Gasteiger partial charge is 0.182 e. The van der Waals surface area contributed by atoms with Crippen molar-refractivity contribution in [2.45, 2.75) is 6.92 Å². The maximum absolute atomic E-state index is 12.2. The minimum atomic E-state index is 0.139. The number of ketones is 1. The summed E-state index contributed by atoms with van der Waals surface area (Å²) < 4.78 is 1.14. The van der Waals surface area contributed by atoms with Crippen LogP contribution in [0.3, 0.4) is 0 Å². The Morgan fingerprint density at radius 1 is 1.16 bits per heavy atom. The normalized spacial score (nSPS) is 10.3. The SMILES string of the molecule is Cc1cccc(N(C)CC(=O)c2ccc(I)cc2)c1. The lowest BCUT2D eigenvalue weighted by atomic mass is 10.1. The van der Waals surface area contributed by atoms with Crippen LogP contribution in [0, 0.1) is 10.5 Å². The van der Waals surface area contributed by atoms with Crippen LogP contribution in [0.15, 0.2) is 48.5 Å². The molecule has 0 amide bonds. The number of halogens is 1. The number of Topliss-reactive ketones (excluding diaryl/α,β-unsaturated/α-hetero) is 1. The molecule has 0 N–H and O–H groups in total. The Kier molecular flexibility index (Phi) is 4.58. The molecule has 2 aromatic carbocycles. The number of rotatable bonds is 4. The molecular formula is C16H16INO. The molecule has 2 rings (SSSR count). The summed E-state index contributed by atoms with van der Waals surface area (Å²) in [6.45, 7) is 2.45. The highest BCUT2D eigenvalue weighted by Crippen LogP contribution is 2.15. The molecule has 3 heteroatoms. The average Bonchev–Trinajstić information content (AvgIpc) is 2.39. The number of carbonyl (C=O) groups is 1. The van der Waals surface area contributed by atoms with Crippen molar-refractivity contribution in [1.82, 2.24) is 0 Å². The first kappa shape index (κ1) is 14.1. The zero-order chi connectivity index (χ0) is 13.8. The summed E-state index contributed by atoms with van der Waals surface area (Å²) in [6, 6.07) is 15.9. The van der Waals surface area contributed by atoms with E-state index in [1.807, 2.05) is 48.3 Å². The van der Waals surface area contributed by atoms with Crippen LogP contribution in [0.2, 0.25) is 0 Å². The first-order valence-corrected chi connectivity index (χ1v) is 7.21. The van der Waals surface area contributed by atoms with Gasteiger partial charge in [0.2, 0.25) is 0 Å². The Bertz CT molecular complexity index is 578. The highest BCUT2D eigenvalue weighted by Gasteiger charge is 2.09. The van der Waals surface area contributed by atoms with E-state index in [0.29, 0.717) is 6.54 Å². The molecule has 0 aromatic heterocycles. The van der Waals surface area contributed by atoms with Crippen molar-refractivity contribution in [3.63, 3.8) is 0 Å². The first-order chi connectivity index (χ1) is 9.06. The van der Waals surface area contributed by atoms with E-state index in [1.165, 1.54) is 5.56 Å². The third-order valence-electron chi connectivity index (χ3n) is 2.99. The zero-order valence-corrected chi connectivity index (χ0v) is 13.2. The van der Waals surface area contributed by atoms with Crippen LogP contribution in [0.25, 0.3) is 0 Å². The fourth-order valence-electron chi connectivity index (χ4n) is 1.90. The summed E-state index contributed by atoms with van der Waals surface area (Å²) in [7, 11) is 1.94. The Hall–Kier alpha value is -1.36. The topological polar surface area (TPSA) is 20.3 Å². The lowest BCUT2D eigenvalue weighted by molar-refractivity contribution is 0.100. The largest absolute Gasteiger partial charge is 0.367 e. The summed E-state index contributed by atoms with van der Waals surface area (Å²) >= 11 is 2.24. The van der Waals surface area contributed by atoms with Gasteiger partial charge in [0.1, 0.15) is 0 Å². The van der Waals surface area contributed by atoms with Crippen LogP contribution in [-0.2, 0) is 0 Å². The van der Waals surface area contributed by atoms with Gasteiger partial charge in [0.05, 0.1) is 6.54 Å². The second-order valence-corrected chi connectivity index (χ2v) is 5.87. The van der Waals surface area contributed by atoms with Gasteiger partial charge < -0.3 is 4.90 Å². The molecule has 0 aliphatic rings. The third-order valence-corrected chi connectivity index (χ3v) is 3.71. The number of hydrogen-bond acceptors (Lipinski definition) is 2. The van der Waals surface area contributed by atoms with E-state index in [4.69, 9.17) is 0 Å². The molecule has 0 unspecified atom stereocenters.